The molecular weight excluding hydrogens is 342 g/mol. The zero-order chi connectivity index (χ0) is 17.4. The second-order valence-electron chi connectivity index (χ2n) is 6.02. The van der Waals surface area contributed by atoms with Crippen LogP contribution in [0.2, 0.25) is 5.02 Å². The first-order chi connectivity index (χ1) is 12.1. The Balaban J connectivity index is 1.44. The third-order valence-electron chi connectivity index (χ3n) is 4.48. The molecule has 0 radical (unpaired) electrons. The van der Waals surface area contributed by atoms with Gasteiger partial charge in [-0.2, -0.15) is 0 Å². The molecule has 0 atom stereocenters. The molecule has 128 valence electrons. The number of carbonyl (C=O) groups is 2. The first-order valence-corrected chi connectivity index (χ1v) is 8.41. The predicted molar refractivity (Wildman–Crippen MR) is 94.0 cm³/mol. The first-order valence-electron chi connectivity index (χ1n) is 8.03. The minimum atomic E-state index is -0.494. The van der Waals surface area contributed by atoms with Crippen molar-refractivity contribution >= 4 is 34.9 Å². The molecule has 2 aromatic rings. The van der Waals surface area contributed by atoms with Gasteiger partial charge >= 0.3 is 5.91 Å². The van der Waals surface area contributed by atoms with Crippen molar-refractivity contribution in [2.24, 2.45) is 0 Å². The molecule has 2 aliphatic heterocycles. The third kappa shape index (κ3) is 2.96. The normalized spacial score (nSPS) is 18.0. The van der Waals surface area contributed by atoms with Gasteiger partial charge in [-0.1, -0.05) is 11.6 Å². The van der Waals surface area contributed by atoms with E-state index in [2.05, 4.69) is 19.8 Å². The molecule has 8 heteroatoms. The zero-order valence-electron chi connectivity index (χ0n) is 13.4. The first kappa shape index (κ1) is 16.0. The monoisotopic (exact) mass is 357 g/mol. The van der Waals surface area contributed by atoms with Gasteiger partial charge in [0.2, 0.25) is 5.95 Å². The zero-order valence-corrected chi connectivity index (χ0v) is 14.2. The van der Waals surface area contributed by atoms with Gasteiger partial charge in [0, 0.05) is 43.6 Å². The number of Topliss-reactive ketones (excluding diaryl/α,β-unsaturated/α-hetero) is 1. The van der Waals surface area contributed by atoms with E-state index in [1.165, 1.54) is 4.90 Å². The summed E-state index contributed by atoms with van der Waals surface area (Å²) in [5.41, 5.74) is 1.02. The second-order valence-corrected chi connectivity index (χ2v) is 6.46. The van der Waals surface area contributed by atoms with E-state index in [1.54, 1.807) is 36.7 Å². The number of hydrogen-bond acceptors (Lipinski definition) is 6. The topological polar surface area (TPSA) is 69.6 Å². The Hall–Kier alpha value is -2.51. The quantitative estimate of drug-likeness (QED) is 0.774. The number of aromatic nitrogens is 2. The lowest BCUT2D eigenvalue weighted by atomic mass is 10.1. The number of ketones is 1. The molecule has 1 fully saturated rings. The van der Waals surface area contributed by atoms with E-state index in [1.807, 2.05) is 0 Å². The Kier molecular flexibility index (Phi) is 4.10. The van der Waals surface area contributed by atoms with Gasteiger partial charge < -0.3 is 4.90 Å². The number of piperazine rings is 1. The lowest BCUT2D eigenvalue weighted by Crippen LogP contribution is -2.51. The number of amides is 1. The van der Waals surface area contributed by atoms with E-state index in [0.29, 0.717) is 22.9 Å². The van der Waals surface area contributed by atoms with Crippen molar-refractivity contribution < 1.29 is 9.59 Å². The highest BCUT2D eigenvalue weighted by Crippen LogP contribution is 2.31. The van der Waals surface area contributed by atoms with Crippen LogP contribution in [0.3, 0.4) is 0 Å². The Bertz CT molecular complexity index is 821. The standard InChI is InChI=1S/C17H16ClN5O2/c18-12-2-3-14-13(10-12)15(24)16(25)23(14)11-21-6-8-22(9-7-21)17-19-4-1-5-20-17/h1-5,10H,6-9,11H2. The van der Waals surface area contributed by atoms with E-state index in [-0.39, 0.29) is 0 Å². The van der Waals surface area contributed by atoms with Crippen LogP contribution in [0, 0.1) is 0 Å². The maximum absolute atomic E-state index is 12.3. The molecule has 2 aliphatic rings. The number of hydrogen-bond donors (Lipinski definition) is 0. The van der Waals surface area contributed by atoms with Crippen LogP contribution in [-0.4, -0.2) is 59.4 Å². The van der Waals surface area contributed by atoms with E-state index in [4.69, 9.17) is 11.6 Å². The van der Waals surface area contributed by atoms with Crippen LogP contribution in [0.15, 0.2) is 36.7 Å². The molecule has 7 nitrogen and oxygen atoms in total. The van der Waals surface area contributed by atoms with Crippen molar-refractivity contribution in [3.63, 3.8) is 0 Å². The molecule has 0 spiro atoms. The van der Waals surface area contributed by atoms with Gasteiger partial charge in [0.25, 0.3) is 5.78 Å². The predicted octanol–water partition coefficient (Wildman–Crippen LogP) is 1.44. The maximum Gasteiger partial charge on any atom is 0.300 e. The van der Waals surface area contributed by atoms with E-state index < -0.39 is 11.7 Å². The highest BCUT2D eigenvalue weighted by Gasteiger charge is 2.37. The largest absolute Gasteiger partial charge is 0.338 e. The molecule has 3 heterocycles. The van der Waals surface area contributed by atoms with Crippen molar-refractivity contribution in [2.45, 2.75) is 0 Å². The molecule has 1 aromatic heterocycles. The Morgan fingerprint density at radius 1 is 1.04 bits per heavy atom. The average Bonchev–Trinajstić information content (AvgIpc) is 2.88. The summed E-state index contributed by atoms with van der Waals surface area (Å²) in [6.45, 7) is 3.46. The summed E-state index contributed by atoms with van der Waals surface area (Å²) in [5, 5.41) is 0.457. The number of fused-ring (bicyclic) bond motifs is 1. The second kappa shape index (κ2) is 6.42. The fraction of sp³-hybridized carbons (Fsp3) is 0.294. The van der Waals surface area contributed by atoms with Crippen molar-refractivity contribution in [3.05, 3.63) is 47.2 Å². The number of halogens is 1. The summed E-state index contributed by atoms with van der Waals surface area (Å²) in [4.78, 5) is 38.8. The summed E-state index contributed by atoms with van der Waals surface area (Å²) in [6, 6.07) is 6.78. The lowest BCUT2D eigenvalue weighted by molar-refractivity contribution is -0.114. The van der Waals surface area contributed by atoms with Crippen molar-refractivity contribution in [1.29, 1.82) is 0 Å². The molecule has 1 aromatic carbocycles. The summed E-state index contributed by atoms with van der Waals surface area (Å²) in [7, 11) is 0. The molecule has 0 saturated carbocycles. The Morgan fingerprint density at radius 2 is 1.76 bits per heavy atom. The summed E-state index contributed by atoms with van der Waals surface area (Å²) in [5.74, 6) is -0.269. The molecule has 0 aliphatic carbocycles. The number of benzene rings is 1. The minimum Gasteiger partial charge on any atom is -0.338 e. The fourth-order valence-electron chi connectivity index (χ4n) is 3.16. The molecule has 0 N–H and O–H groups in total. The van der Waals surface area contributed by atoms with Gasteiger partial charge in [-0.25, -0.2) is 9.97 Å². The molecule has 0 unspecified atom stereocenters. The highest BCUT2D eigenvalue weighted by atomic mass is 35.5. The van der Waals surface area contributed by atoms with Crippen molar-refractivity contribution in [1.82, 2.24) is 14.9 Å². The summed E-state index contributed by atoms with van der Waals surface area (Å²) >= 11 is 5.94. The van der Waals surface area contributed by atoms with E-state index >= 15 is 0 Å². The average molecular weight is 358 g/mol. The number of rotatable bonds is 3. The van der Waals surface area contributed by atoms with Crippen molar-refractivity contribution in [2.75, 3.05) is 42.6 Å². The number of nitrogens with zero attached hydrogens (tertiary/aromatic N) is 5. The lowest BCUT2D eigenvalue weighted by Gasteiger charge is -2.36. The SMILES string of the molecule is O=C1C(=O)N(CN2CCN(c3ncccn3)CC2)c2ccc(Cl)cc21. The van der Waals surface area contributed by atoms with Crippen LogP contribution in [0.25, 0.3) is 0 Å². The van der Waals surface area contributed by atoms with Crippen LogP contribution in [0.5, 0.6) is 0 Å². The van der Waals surface area contributed by atoms with Gasteiger partial charge in [0.15, 0.2) is 0 Å². The smallest absolute Gasteiger partial charge is 0.300 e. The Morgan fingerprint density at radius 3 is 2.48 bits per heavy atom. The molecule has 25 heavy (non-hydrogen) atoms. The van der Waals surface area contributed by atoms with Gasteiger partial charge in [-0.3, -0.25) is 19.4 Å². The molecule has 1 saturated heterocycles. The molecular formula is C17H16ClN5O2. The number of carbonyl (C=O) groups excluding carboxylic acids is 2. The van der Waals surface area contributed by atoms with E-state index in [9.17, 15) is 9.59 Å². The molecule has 1 amide bonds. The van der Waals surface area contributed by atoms with Crippen LogP contribution < -0.4 is 9.80 Å². The minimum absolute atomic E-state index is 0.383. The van der Waals surface area contributed by atoms with Gasteiger partial charge in [0.1, 0.15) is 0 Å². The summed E-state index contributed by atoms with van der Waals surface area (Å²) in [6.07, 6.45) is 3.45. The molecule has 0 bridgehead atoms. The summed E-state index contributed by atoms with van der Waals surface area (Å²) < 4.78 is 0. The van der Waals surface area contributed by atoms with Crippen molar-refractivity contribution in [3.8, 4) is 0 Å². The maximum atomic E-state index is 12.3. The van der Waals surface area contributed by atoms with Crippen LogP contribution in [0.4, 0.5) is 11.6 Å². The number of anilines is 2. The van der Waals surface area contributed by atoms with Crippen LogP contribution >= 0.6 is 11.6 Å². The van der Waals surface area contributed by atoms with Gasteiger partial charge in [-0.05, 0) is 24.3 Å². The van der Waals surface area contributed by atoms with Gasteiger partial charge in [-0.15, -0.1) is 0 Å². The highest BCUT2D eigenvalue weighted by molar-refractivity contribution is 6.52. The third-order valence-corrected chi connectivity index (χ3v) is 4.72. The Labute approximate surface area is 149 Å². The van der Waals surface area contributed by atoms with Crippen LogP contribution in [-0.2, 0) is 4.79 Å². The van der Waals surface area contributed by atoms with E-state index in [0.717, 1.165) is 32.1 Å². The van der Waals surface area contributed by atoms with Gasteiger partial charge in [0.05, 0.1) is 17.9 Å². The fourth-order valence-corrected chi connectivity index (χ4v) is 3.33. The van der Waals surface area contributed by atoms with Crippen LogP contribution in [0.1, 0.15) is 10.4 Å². The molecule has 4 rings (SSSR count).